The summed E-state index contributed by atoms with van der Waals surface area (Å²) in [6.45, 7) is 2.24. The number of aromatic nitrogens is 1. The third kappa shape index (κ3) is 4.13. The van der Waals surface area contributed by atoms with Crippen molar-refractivity contribution in [1.29, 1.82) is 0 Å². The van der Waals surface area contributed by atoms with Crippen molar-refractivity contribution in [1.82, 2.24) is 14.8 Å². The molecule has 1 aliphatic heterocycles. The van der Waals surface area contributed by atoms with Crippen LogP contribution in [0.5, 0.6) is 11.6 Å². The van der Waals surface area contributed by atoms with Gasteiger partial charge in [0.25, 0.3) is 5.91 Å². The lowest BCUT2D eigenvalue weighted by atomic mass is 10.2. The number of amides is 2. The highest BCUT2D eigenvalue weighted by atomic mass is 79.9. The second-order valence-corrected chi connectivity index (χ2v) is 7.72. The summed E-state index contributed by atoms with van der Waals surface area (Å²) in [5.74, 6) is 1.25. The number of hydrogen-bond acceptors (Lipinski definition) is 4. The van der Waals surface area contributed by atoms with Crippen molar-refractivity contribution in [3.05, 3.63) is 52.6 Å². The summed E-state index contributed by atoms with van der Waals surface area (Å²) in [5.41, 5.74) is 0.433. The van der Waals surface area contributed by atoms with E-state index in [9.17, 15) is 9.59 Å². The van der Waals surface area contributed by atoms with Gasteiger partial charge in [0.2, 0.25) is 11.8 Å². The Labute approximate surface area is 166 Å². The smallest absolute Gasteiger partial charge is 0.259 e. The van der Waals surface area contributed by atoms with Gasteiger partial charge in [0.05, 0.1) is 0 Å². The molecule has 27 heavy (non-hydrogen) atoms. The molecule has 0 atom stereocenters. The predicted molar refractivity (Wildman–Crippen MR) is 104 cm³/mol. The highest BCUT2D eigenvalue weighted by Gasteiger charge is 2.35. The fourth-order valence-corrected chi connectivity index (χ4v) is 3.40. The van der Waals surface area contributed by atoms with Crippen molar-refractivity contribution in [2.45, 2.75) is 12.8 Å². The van der Waals surface area contributed by atoms with E-state index in [1.165, 1.54) is 0 Å². The third-order valence-electron chi connectivity index (χ3n) is 4.83. The molecule has 1 saturated heterocycles. The summed E-state index contributed by atoms with van der Waals surface area (Å²) in [4.78, 5) is 33.0. The van der Waals surface area contributed by atoms with Crippen molar-refractivity contribution in [3.63, 3.8) is 0 Å². The van der Waals surface area contributed by atoms with Crippen LogP contribution in [0.4, 0.5) is 0 Å². The van der Waals surface area contributed by atoms with Crippen molar-refractivity contribution < 1.29 is 14.3 Å². The van der Waals surface area contributed by atoms with Crippen LogP contribution >= 0.6 is 15.9 Å². The number of carbonyl (C=O) groups is 2. The molecule has 1 saturated carbocycles. The Hall–Kier alpha value is -2.41. The van der Waals surface area contributed by atoms with E-state index in [1.807, 2.05) is 29.2 Å². The van der Waals surface area contributed by atoms with Crippen LogP contribution in [0.15, 0.2) is 47.1 Å². The zero-order valence-corrected chi connectivity index (χ0v) is 16.4. The van der Waals surface area contributed by atoms with E-state index < -0.39 is 0 Å². The normalized spacial score (nSPS) is 16.9. The molecule has 7 heteroatoms. The van der Waals surface area contributed by atoms with Crippen LogP contribution in [0.25, 0.3) is 0 Å². The summed E-state index contributed by atoms with van der Waals surface area (Å²) in [6, 6.07) is 10.8. The third-order valence-corrected chi connectivity index (χ3v) is 5.36. The summed E-state index contributed by atoms with van der Waals surface area (Å²) in [7, 11) is 0. The number of halogens is 1. The highest BCUT2D eigenvalue weighted by molar-refractivity contribution is 9.10. The Bertz CT molecular complexity index is 844. The largest absolute Gasteiger partial charge is 0.438 e. The van der Waals surface area contributed by atoms with Gasteiger partial charge in [0.1, 0.15) is 11.3 Å². The molecule has 2 amide bonds. The van der Waals surface area contributed by atoms with Crippen molar-refractivity contribution in [2.75, 3.05) is 26.2 Å². The van der Waals surface area contributed by atoms with Crippen molar-refractivity contribution in [2.24, 2.45) is 5.92 Å². The molecule has 0 N–H and O–H groups in total. The Morgan fingerprint density at radius 3 is 2.33 bits per heavy atom. The minimum absolute atomic E-state index is 0.117. The average molecular weight is 430 g/mol. The average Bonchev–Trinajstić information content (AvgIpc) is 3.55. The fourth-order valence-electron chi connectivity index (χ4n) is 3.14. The van der Waals surface area contributed by atoms with Crippen LogP contribution in [0.2, 0.25) is 0 Å². The molecule has 2 heterocycles. The maximum atomic E-state index is 13.0. The molecule has 1 aromatic carbocycles. The summed E-state index contributed by atoms with van der Waals surface area (Å²) >= 11 is 3.39. The number of rotatable bonds is 4. The zero-order valence-electron chi connectivity index (χ0n) is 14.8. The van der Waals surface area contributed by atoms with E-state index in [2.05, 4.69) is 20.9 Å². The van der Waals surface area contributed by atoms with Gasteiger partial charge in [-0.25, -0.2) is 4.98 Å². The monoisotopic (exact) mass is 429 g/mol. The van der Waals surface area contributed by atoms with Gasteiger partial charge < -0.3 is 14.5 Å². The fraction of sp³-hybridized carbons (Fsp3) is 0.350. The van der Waals surface area contributed by atoms with Gasteiger partial charge in [-0.05, 0) is 49.2 Å². The number of hydrogen-bond donors (Lipinski definition) is 0. The molecule has 4 rings (SSSR count). The number of piperazine rings is 1. The molecule has 6 nitrogen and oxygen atoms in total. The Kier molecular flexibility index (Phi) is 5.11. The topological polar surface area (TPSA) is 62.7 Å². The molecule has 0 unspecified atom stereocenters. The summed E-state index contributed by atoms with van der Waals surface area (Å²) in [6.07, 6.45) is 3.62. The van der Waals surface area contributed by atoms with Crippen LogP contribution in [-0.2, 0) is 4.79 Å². The molecule has 0 spiro atoms. The first-order valence-corrected chi connectivity index (χ1v) is 9.87. The number of benzene rings is 1. The standard InChI is InChI=1S/C20H20BrN3O3/c21-15-5-7-16(8-6-15)27-18-17(2-1-9-22-18)20(26)24-12-10-23(11-13-24)19(25)14-3-4-14/h1-2,5-9,14H,3-4,10-13H2. The van der Waals surface area contributed by atoms with Gasteiger partial charge in [-0.2, -0.15) is 0 Å². The first kappa shape index (κ1) is 18.0. The molecule has 1 aliphatic carbocycles. The lowest BCUT2D eigenvalue weighted by Crippen LogP contribution is -2.51. The Morgan fingerprint density at radius 1 is 1.00 bits per heavy atom. The zero-order chi connectivity index (χ0) is 18.8. The molecule has 2 aliphatic rings. The quantitative estimate of drug-likeness (QED) is 0.747. The predicted octanol–water partition coefficient (Wildman–Crippen LogP) is 3.33. The first-order chi connectivity index (χ1) is 13.1. The summed E-state index contributed by atoms with van der Waals surface area (Å²) < 4.78 is 6.78. The number of carbonyl (C=O) groups excluding carboxylic acids is 2. The second-order valence-electron chi connectivity index (χ2n) is 6.80. The molecule has 140 valence electrons. The van der Waals surface area contributed by atoms with Crippen LogP contribution in [0.3, 0.4) is 0 Å². The van der Waals surface area contributed by atoms with E-state index in [1.54, 1.807) is 23.2 Å². The molecule has 0 bridgehead atoms. The lowest BCUT2D eigenvalue weighted by molar-refractivity contribution is -0.134. The maximum absolute atomic E-state index is 13.0. The Balaban J connectivity index is 1.44. The molecule has 1 aromatic heterocycles. The number of ether oxygens (including phenoxy) is 1. The second kappa shape index (κ2) is 7.68. The van der Waals surface area contributed by atoms with Gasteiger partial charge in [-0.15, -0.1) is 0 Å². The molecule has 2 fully saturated rings. The molecular weight excluding hydrogens is 410 g/mol. The van der Waals surface area contributed by atoms with E-state index in [-0.39, 0.29) is 17.7 Å². The van der Waals surface area contributed by atoms with Gasteiger partial charge in [-0.3, -0.25) is 9.59 Å². The number of nitrogens with zero attached hydrogens (tertiary/aromatic N) is 3. The lowest BCUT2D eigenvalue weighted by Gasteiger charge is -2.35. The van der Waals surface area contributed by atoms with Gasteiger partial charge in [0.15, 0.2) is 0 Å². The highest BCUT2D eigenvalue weighted by Crippen LogP contribution is 2.31. The van der Waals surface area contributed by atoms with Crippen LogP contribution in [0, 0.1) is 5.92 Å². The van der Waals surface area contributed by atoms with Gasteiger partial charge in [0, 0.05) is 42.8 Å². The SMILES string of the molecule is O=C(c1cccnc1Oc1ccc(Br)cc1)N1CCN(C(=O)C2CC2)CC1. The maximum Gasteiger partial charge on any atom is 0.259 e. The van der Waals surface area contributed by atoms with Gasteiger partial charge in [-0.1, -0.05) is 15.9 Å². The van der Waals surface area contributed by atoms with Crippen LogP contribution < -0.4 is 4.74 Å². The first-order valence-electron chi connectivity index (χ1n) is 9.08. The van der Waals surface area contributed by atoms with Crippen LogP contribution in [0.1, 0.15) is 23.2 Å². The van der Waals surface area contributed by atoms with E-state index in [0.29, 0.717) is 43.4 Å². The Morgan fingerprint density at radius 2 is 1.67 bits per heavy atom. The van der Waals surface area contributed by atoms with Crippen molar-refractivity contribution >= 4 is 27.7 Å². The molecule has 0 radical (unpaired) electrons. The summed E-state index contributed by atoms with van der Waals surface area (Å²) in [5, 5.41) is 0. The van der Waals surface area contributed by atoms with E-state index >= 15 is 0 Å². The minimum atomic E-state index is -0.117. The molecular formula is C20H20BrN3O3. The van der Waals surface area contributed by atoms with Crippen molar-refractivity contribution in [3.8, 4) is 11.6 Å². The van der Waals surface area contributed by atoms with E-state index in [0.717, 1.165) is 17.3 Å². The van der Waals surface area contributed by atoms with Gasteiger partial charge >= 0.3 is 0 Å². The molecule has 2 aromatic rings. The van der Waals surface area contributed by atoms with E-state index in [4.69, 9.17) is 4.74 Å². The van der Waals surface area contributed by atoms with Crippen LogP contribution in [-0.4, -0.2) is 52.8 Å². The number of pyridine rings is 1. The minimum Gasteiger partial charge on any atom is -0.438 e.